The van der Waals surface area contributed by atoms with E-state index in [-0.39, 0.29) is 12.5 Å². The number of H-pyrrole nitrogens is 1. The maximum absolute atomic E-state index is 11.9. The number of esters is 1. The molecule has 0 atom stereocenters. The molecular weight excluding hydrogens is 310 g/mol. The van der Waals surface area contributed by atoms with Gasteiger partial charge in [0.25, 0.3) is 0 Å². The fourth-order valence-corrected chi connectivity index (χ4v) is 2.34. The molecule has 8 nitrogen and oxygen atoms in total. The number of nitrogens with one attached hydrogen (secondary N) is 1. The van der Waals surface area contributed by atoms with Gasteiger partial charge in [0.05, 0.1) is 23.9 Å². The van der Waals surface area contributed by atoms with Crippen LogP contribution in [0.15, 0.2) is 29.5 Å². The highest BCUT2D eigenvalue weighted by molar-refractivity contribution is 6.03. The number of rotatable bonds is 5. The Labute approximate surface area is 137 Å². The fourth-order valence-electron chi connectivity index (χ4n) is 2.34. The monoisotopic (exact) mass is 327 g/mol. The van der Waals surface area contributed by atoms with Crippen LogP contribution in [0, 0.1) is 0 Å². The molecule has 0 amide bonds. The lowest BCUT2D eigenvalue weighted by molar-refractivity contribution is 0.0526. The number of aromatic amines is 1. The van der Waals surface area contributed by atoms with E-state index in [0.29, 0.717) is 34.5 Å². The molecule has 0 aliphatic carbocycles. The molecule has 2 N–H and O–H groups in total. The number of aliphatic imine (C=N–C) groups is 1. The van der Waals surface area contributed by atoms with Crippen LogP contribution >= 0.6 is 0 Å². The number of carbonyl (C=O) groups excluding carboxylic acids is 1. The van der Waals surface area contributed by atoms with Crippen LogP contribution in [0.2, 0.25) is 0 Å². The van der Waals surface area contributed by atoms with Crippen LogP contribution in [0.1, 0.15) is 29.8 Å². The summed E-state index contributed by atoms with van der Waals surface area (Å²) >= 11 is 0. The molecule has 0 unspecified atom stereocenters. The predicted molar refractivity (Wildman–Crippen MR) is 88.9 cm³/mol. The Kier molecular flexibility index (Phi) is 4.28. The molecule has 3 rings (SSSR count). The number of aryl methyl sites for hydroxylation is 1. The first-order valence-corrected chi connectivity index (χ1v) is 7.57. The molecule has 124 valence electrons. The van der Waals surface area contributed by atoms with Crippen molar-refractivity contribution in [2.45, 2.75) is 20.4 Å². The van der Waals surface area contributed by atoms with Crippen molar-refractivity contribution in [2.75, 3.05) is 6.61 Å². The Balaban J connectivity index is 2.02. The van der Waals surface area contributed by atoms with Crippen molar-refractivity contribution in [3.8, 4) is 5.88 Å². The maximum Gasteiger partial charge on any atom is 0.339 e. The summed E-state index contributed by atoms with van der Waals surface area (Å²) < 4.78 is 6.70. The Hall–Kier alpha value is -3.16. The van der Waals surface area contributed by atoms with Crippen molar-refractivity contribution in [2.24, 2.45) is 4.99 Å². The van der Waals surface area contributed by atoms with Crippen LogP contribution in [0.4, 0.5) is 5.82 Å². The van der Waals surface area contributed by atoms with E-state index in [1.165, 1.54) is 12.4 Å². The standard InChI is InChI=1S/C16H17N5O3/c1-3-21-13(5-6-19-21)17-9-12-11-7-10(16(23)24-4-2)8-18-14(11)20-15(12)22/h5-9,22H,3-4H2,1-2H3,(H,18,20). The van der Waals surface area contributed by atoms with Gasteiger partial charge in [0, 0.05) is 30.4 Å². The maximum atomic E-state index is 11.9. The first kappa shape index (κ1) is 15.7. The summed E-state index contributed by atoms with van der Waals surface area (Å²) in [5.41, 5.74) is 1.23. The van der Waals surface area contributed by atoms with Crippen LogP contribution < -0.4 is 0 Å². The van der Waals surface area contributed by atoms with E-state index in [2.05, 4.69) is 20.1 Å². The minimum atomic E-state index is -0.459. The van der Waals surface area contributed by atoms with Gasteiger partial charge in [-0.2, -0.15) is 5.10 Å². The molecule has 0 bridgehead atoms. The third kappa shape index (κ3) is 2.85. The number of nitrogens with zero attached hydrogens (tertiary/aromatic N) is 4. The molecule has 24 heavy (non-hydrogen) atoms. The first-order chi connectivity index (χ1) is 11.6. The average Bonchev–Trinajstić information content (AvgIpc) is 3.15. The van der Waals surface area contributed by atoms with Crippen molar-refractivity contribution in [3.05, 3.63) is 35.7 Å². The van der Waals surface area contributed by atoms with E-state index in [9.17, 15) is 9.90 Å². The van der Waals surface area contributed by atoms with Gasteiger partial charge in [-0.1, -0.05) is 0 Å². The molecule has 0 fully saturated rings. The van der Waals surface area contributed by atoms with E-state index in [1.54, 1.807) is 29.9 Å². The Morgan fingerprint density at radius 3 is 3.08 bits per heavy atom. The van der Waals surface area contributed by atoms with E-state index in [1.807, 2.05) is 6.92 Å². The number of carbonyl (C=O) groups is 1. The van der Waals surface area contributed by atoms with E-state index in [4.69, 9.17) is 4.74 Å². The molecule has 0 aliphatic rings. The van der Waals surface area contributed by atoms with Crippen molar-refractivity contribution >= 4 is 29.0 Å². The second-order valence-corrected chi connectivity index (χ2v) is 4.99. The molecule has 3 aromatic rings. The lowest BCUT2D eigenvalue weighted by Crippen LogP contribution is -2.04. The Morgan fingerprint density at radius 2 is 2.33 bits per heavy atom. The lowest BCUT2D eigenvalue weighted by Gasteiger charge is -2.01. The molecule has 0 radical (unpaired) electrons. The van der Waals surface area contributed by atoms with Gasteiger partial charge in [-0.25, -0.2) is 19.5 Å². The summed E-state index contributed by atoms with van der Waals surface area (Å²) in [5.74, 6) is 0.144. The van der Waals surface area contributed by atoms with Crippen molar-refractivity contribution in [3.63, 3.8) is 0 Å². The van der Waals surface area contributed by atoms with Crippen molar-refractivity contribution < 1.29 is 14.6 Å². The van der Waals surface area contributed by atoms with E-state index >= 15 is 0 Å². The predicted octanol–water partition coefficient (Wildman–Crippen LogP) is 2.41. The average molecular weight is 327 g/mol. The van der Waals surface area contributed by atoms with Gasteiger partial charge in [-0.05, 0) is 19.9 Å². The topological polar surface area (TPSA) is 105 Å². The van der Waals surface area contributed by atoms with Crippen LogP contribution in [-0.2, 0) is 11.3 Å². The van der Waals surface area contributed by atoms with Gasteiger partial charge in [0.1, 0.15) is 11.5 Å². The molecular formula is C16H17N5O3. The summed E-state index contributed by atoms with van der Waals surface area (Å²) in [4.78, 5) is 23.1. The van der Waals surface area contributed by atoms with E-state index in [0.717, 1.165) is 0 Å². The number of hydrogen-bond donors (Lipinski definition) is 2. The number of fused-ring (bicyclic) bond motifs is 1. The normalized spacial score (nSPS) is 11.4. The molecule has 0 spiro atoms. The summed E-state index contributed by atoms with van der Waals surface area (Å²) in [7, 11) is 0. The zero-order chi connectivity index (χ0) is 17.1. The zero-order valence-corrected chi connectivity index (χ0v) is 13.4. The van der Waals surface area contributed by atoms with Crippen LogP contribution in [0.5, 0.6) is 5.88 Å². The summed E-state index contributed by atoms with van der Waals surface area (Å²) in [5, 5.41) is 14.8. The van der Waals surface area contributed by atoms with Gasteiger partial charge >= 0.3 is 5.97 Å². The quantitative estimate of drug-likeness (QED) is 0.553. The molecule has 0 saturated carbocycles. The Bertz CT molecular complexity index is 910. The van der Waals surface area contributed by atoms with Crippen molar-refractivity contribution in [1.29, 1.82) is 0 Å². The van der Waals surface area contributed by atoms with E-state index < -0.39 is 5.97 Å². The minimum Gasteiger partial charge on any atom is -0.494 e. The summed E-state index contributed by atoms with van der Waals surface area (Å²) in [6.07, 6.45) is 4.59. The second-order valence-electron chi connectivity index (χ2n) is 4.99. The molecule has 0 aromatic carbocycles. The highest BCUT2D eigenvalue weighted by Crippen LogP contribution is 2.26. The molecule has 3 aromatic heterocycles. The van der Waals surface area contributed by atoms with Crippen molar-refractivity contribution in [1.82, 2.24) is 19.7 Å². The molecule has 3 heterocycles. The highest BCUT2D eigenvalue weighted by atomic mass is 16.5. The molecule has 8 heteroatoms. The second kappa shape index (κ2) is 6.53. The van der Waals surface area contributed by atoms with Gasteiger partial charge < -0.3 is 14.8 Å². The van der Waals surface area contributed by atoms with Gasteiger partial charge in [-0.3, -0.25) is 0 Å². The Morgan fingerprint density at radius 1 is 1.50 bits per heavy atom. The number of hydrogen-bond acceptors (Lipinski definition) is 6. The zero-order valence-electron chi connectivity index (χ0n) is 13.4. The van der Waals surface area contributed by atoms with Crippen LogP contribution in [0.25, 0.3) is 11.0 Å². The third-order valence-corrected chi connectivity index (χ3v) is 3.50. The number of aromatic hydroxyl groups is 1. The van der Waals surface area contributed by atoms with Crippen LogP contribution in [0.3, 0.4) is 0 Å². The first-order valence-electron chi connectivity index (χ1n) is 7.57. The van der Waals surface area contributed by atoms with Crippen LogP contribution in [-0.4, -0.2) is 43.6 Å². The van der Waals surface area contributed by atoms with Gasteiger partial charge in [0.15, 0.2) is 5.88 Å². The smallest absolute Gasteiger partial charge is 0.339 e. The minimum absolute atomic E-state index is 0.0650. The summed E-state index contributed by atoms with van der Waals surface area (Å²) in [6, 6.07) is 3.39. The van der Waals surface area contributed by atoms with Gasteiger partial charge in [-0.15, -0.1) is 0 Å². The highest BCUT2D eigenvalue weighted by Gasteiger charge is 2.14. The molecule has 0 saturated heterocycles. The SMILES string of the molecule is CCOC(=O)c1cnc2[nH]c(O)c(C=Nc3ccnn3CC)c2c1. The largest absolute Gasteiger partial charge is 0.494 e. The fraction of sp³-hybridized carbons (Fsp3) is 0.250. The number of pyridine rings is 1. The lowest BCUT2D eigenvalue weighted by atomic mass is 10.2. The number of ether oxygens (including phenoxy) is 1. The third-order valence-electron chi connectivity index (χ3n) is 3.50. The summed E-state index contributed by atoms with van der Waals surface area (Å²) in [6.45, 7) is 4.67. The number of aromatic nitrogens is 4. The van der Waals surface area contributed by atoms with Gasteiger partial charge in [0.2, 0.25) is 0 Å². The molecule has 0 aliphatic heterocycles.